The van der Waals surface area contributed by atoms with Gasteiger partial charge < -0.3 is 20.1 Å². The number of anilines is 1. The zero-order valence-electron chi connectivity index (χ0n) is 16.3. The minimum Gasteiger partial charge on any atom is -0.481 e. The molecule has 1 aliphatic heterocycles. The first-order valence-corrected chi connectivity index (χ1v) is 9.88. The number of nitrogens with one attached hydrogen (secondary N) is 1. The number of aliphatic carboxylic acids is 1. The number of hydrogen-bond acceptors (Lipinski definition) is 5. The van der Waals surface area contributed by atoms with Gasteiger partial charge in [-0.2, -0.15) is 0 Å². The highest BCUT2D eigenvalue weighted by Crippen LogP contribution is 2.20. The van der Waals surface area contributed by atoms with E-state index in [1.165, 1.54) is 12.7 Å². The zero-order chi connectivity index (χ0) is 19.5. The number of methoxy groups -OCH3 is 1. The van der Waals surface area contributed by atoms with Crippen LogP contribution in [0.25, 0.3) is 0 Å². The summed E-state index contributed by atoms with van der Waals surface area (Å²) < 4.78 is 18.7. The highest BCUT2D eigenvalue weighted by Gasteiger charge is 2.14. The van der Waals surface area contributed by atoms with Crippen molar-refractivity contribution in [1.29, 1.82) is 0 Å². The molecular weight excluding hydrogens is 349 g/mol. The smallest absolute Gasteiger partial charge is 0.303 e. The van der Waals surface area contributed by atoms with Crippen LogP contribution < -0.4 is 5.32 Å². The van der Waals surface area contributed by atoms with Gasteiger partial charge in [0, 0.05) is 32.3 Å². The molecule has 2 N–H and O–H groups in total. The number of nitrogens with zero attached hydrogens (tertiary/aromatic N) is 2. The van der Waals surface area contributed by atoms with Crippen molar-refractivity contribution in [3.63, 3.8) is 0 Å². The average molecular weight is 381 g/mol. The van der Waals surface area contributed by atoms with Crippen LogP contribution in [0.1, 0.15) is 43.4 Å². The fourth-order valence-electron chi connectivity index (χ4n) is 3.41. The van der Waals surface area contributed by atoms with Gasteiger partial charge in [0.25, 0.3) is 0 Å². The monoisotopic (exact) mass is 381 g/mol. The summed E-state index contributed by atoms with van der Waals surface area (Å²) in [5.41, 5.74) is 2.38. The van der Waals surface area contributed by atoms with Gasteiger partial charge in [0.2, 0.25) is 0 Å². The van der Waals surface area contributed by atoms with Crippen molar-refractivity contribution in [2.45, 2.75) is 51.1 Å². The van der Waals surface area contributed by atoms with Gasteiger partial charge in [-0.1, -0.05) is 6.07 Å². The number of carbonyl (C=O) groups is 1. The third kappa shape index (κ3) is 8.22. The molecule has 27 heavy (non-hydrogen) atoms. The molecule has 1 aliphatic rings. The summed E-state index contributed by atoms with van der Waals surface area (Å²) in [6.07, 6.45) is 4.65. The van der Waals surface area contributed by atoms with Gasteiger partial charge in [-0.15, -0.1) is 0 Å². The molecule has 1 unspecified atom stereocenters. The molecule has 0 spiro atoms. The predicted molar refractivity (Wildman–Crippen MR) is 104 cm³/mol. The SMILES string of the molecule is COCC(F)CN(CCCCc1ccc2c(n1)NCCC2)CCCC(=O)O. The number of alkyl halides is 1. The first kappa shape index (κ1) is 21.6. The molecule has 152 valence electrons. The van der Waals surface area contributed by atoms with E-state index < -0.39 is 12.1 Å². The van der Waals surface area contributed by atoms with E-state index in [9.17, 15) is 9.18 Å². The third-order valence-electron chi connectivity index (χ3n) is 4.78. The average Bonchev–Trinajstić information content (AvgIpc) is 2.64. The molecule has 1 atom stereocenters. The maximum absolute atomic E-state index is 13.9. The van der Waals surface area contributed by atoms with Crippen LogP contribution in [0.5, 0.6) is 0 Å². The number of aryl methyl sites for hydroxylation is 2. The van der Waals surface area contributed by atoms with E-state index >= 15 is 0 Å². The summed E-state index contributed by atoms with van der Waals surface area (Å²) in [6.45, 7) is 2.70. The van der Waals surface area contributed by atoms with Crippen LogP contribution in [0.3, 0.4) is 0 Å². The molecule has 2 rings (SSSR count). The number of fused-ring (bicyclic) bond motifs is 1. The van der Waals surface area contributed by atoms with Crippen LogP contribution in [-0.2, 0) is 22.4 Å². The number of aromatic nitrogens is 1. The number of halogens is 1. The van der Waals surface area contributed by atoms with E-state index in [1.54, 1.807) is 0 Å². The number of unbranched alkanes of at least 4 members (excludes halogenated alkanes) is 1. The van der Waals surface area contributed by atoms with Crippen molar-refractivity contribution in [3.05, 3.63) is 23.4 Å². The Hall–Kier alpha value is -1.73. The molecule has 1 aromatic rings. The van der Waals surface area contributed by atoms with E-state index in [0.29, 0.717) is 13.0 Å². The molecule has 7 heteroatoms. The number of carboxylic acids is 1. The minimum absolute atomic E-state index is 0.0709. The fourth-order valence-corrected chi connectivity index (χ4v) is 3.41. The predicted octanol–water partition coefficient (Wildman–Crippen LogP) is 2.91. The quantitative estimate of drug-likeness (QED) is 0.512. The van der Waals surface area contributed by atoms with E-state index in [-0.39, 0.29) is 19.6 Å². The Balaban J connectivity index is 1.74. The second kappa shape index (κ2) is 11.9. The van der Waals surface area contributed by atoms with E-state index in [0.717, 1.165) is 56.7 Å². The van der Waals surface area contributed by atoms with Gasteiger partial charge in [-0.3, -0.25) is 4.79 Å². The maximum Gasteiger partial charge on any atom is 0.303 e. The zero-order valence-corrected chi connectivity index (χ0v) is 16.3. The normalized spacial score (nSPS) is 14.6. The summed E-state index contributed by atoms with van der Waals surface area (Å²) >= 11 is 0. The second-order valence-electron chi connectivity index (χ2n) is 7.15. The van der Waals surface area contributed by atoms with Gasteiger partial charge in [0.05, 0.1) is 6.61 Å². The molecule has 0 amide bonds. The highest BCUT2D eigenvalue weighted by atomic mass is 19.1. The van der Waals surface area contributed by atoms with Gasteiger partial charge in [0.1, 0.15) is 12.0 Å². The first-order valence-electron chi connectivity index (χ1n) is 9.88. The Labute approximate surface area is 161 Å². The lowest BCUT2D eigenvalue weighted by atomic mass is 10.1. The maximum atomic E-state index is 13.9. The Morgan fingerprint density at radius 2 is 2.19 bits per heavy atom. The molecule has 0 aliphatic carbocycles. The van der Waals surface area contributed by atoms with Crippen LogP contribution in [0, 0.1) is 0 Å². The minimum atomic E-state index is -1.05. The molecule has 0 saturated heterocycles. The topological polar surface area (TPSA) is 74.7 Å². The number of ether oxygens (including phenoxy) is 1. The van der Waals surface area contributed by atoms with Crippen LogP contribution in [0.15, 0.2) is 12.1 Å². The number of rotatable bonds is 13. The van der Waals surface area contributed by atoms with Crippen LogP contribution in [0.4, 0.5) is 10.2 Å². The summed E-state index contributed by atoms with van der Waals surface area (Å²) in [5, 5.41) is 12.1. The Bertz CT molecular complexity index is 586. The molecule has 0 saturated carbocycles. The highest BCUT2D eigenvalue weighted by molar-refractivity contribution is 5.66. The third-order valence-corrected chi connectivity index (χ3v) is 4.78. The molecule has 0 radical (unpaired) electrons. The van der Waals surface area contributed by atoms with E-state index in [1.807, 2.05) is 4.90 Å². The molecular formula is C20H32FN3O3. The largest absolute Gasteiger partial charge is 0.481 e. The number of hydrogen-bond donors (Lipinski definition) is 2. The van der Waals surface area contributed by atoms with Crippen LogP contribution >= 0.6 is 0 Å². The van der Waals surface area contributed by atoms with Crippen LogP contribution in [-0.4, -0.2) is 67.0 Å². The summed E-state index contributed by atoms with van der Waals surface area (Å²) in [6, 6.07) is 4.27. The van der Waals surface area contributed by atoms with Gasteiger partial charge >= 0.3 is 5.97 Å². The Morgan fingerprint density at radius 1 is 1.37 bits per heavy atom. The van der Waals surface area contributed by atoms with E-state index in [2.05, 4.69) is 17.4 Å². The van der Waals surface area contributed by atoms with Crippen molar-refractivity contribution < 1.29 is 19.0 Å². The standard InChI is InChI=1S/C20H32FN3O3/c1-27-15-17(21)14-24(13-5-8-19(25)26)12-3-2-7-18-10-9-16-6-4-11-22-20(16)23-18/h9-10,17H,2-8,11-15H2,1H3,(H,22,23)(H,25,26). The lowest BCUT2D eigenvalue weighted by molar-refractivity contribution is -0.137. The molecule has 0 aromatic carbocycles. The number of pyridine rings is 1. The van der Waals surface area contributed by atoms with Crippen molar-refractivity contribution in [2.24, 2.45) is 0 Å². The van der Waals surface area contributed by atoms with Gasteiger partial charge in [-0.25, -0.2) is 9.37 Å². The van der Waals surface area contributed by atoms with Crippen LogP contribution in [0.2, 0.25) is 0 Å². The Morgan fingerprint density at radius 3 is 2.96 bits per heavy atom. The molecule has 6 nitrogen and oxygen atoms in total. The molecule has 0 fully saturated rings. The second-order valence-corrected chi connectivity index (χ2v) is 7.15. The molecule has 1 aromatic heterocycles. The summed E-state index contributed by atoms with van der Waals surface area (Å²) in [7, 11) is 1.49. The number of carboxylic acid groups (broad SMARTS) is 1. The van der Waals surface area contributed by atoms with Crippen molar-refractivity contribution >= 4 is 11.8 Å². The van der Waals surface area contributed by atoms with Crippen molar-refractivity contribution in [3.8, 4) is 0 Å². The lowest BCUT2D eigenvalue weighted by Crippen LogP contribution is -2.34. The van der Waals surface area contributed by atoms with Gasteiger partial charge in [-0.05, 0) is 63.2 Å². The van der Waals surface area contributed by atoms with Crippen molar-refractivity contribution in [1.82, 2.24) is 9.88 Å². The Kier molecular flexibility index (Phi) is 9.48. The molecule has 2 heterocycles. The fraction of sp³-hybridized carbons (Fsp3) is 0.700. The van der Waals surface area contributed by atoms with Crippen molar-refractivity contribution in [2.75, 3.05) is 45.2 Å². The molecule has 0 bridgehead atoms. The summed E-state index contributed by atoms with van der Waals surface area (Å²) in [4.78, 5) is 17.4. The van der Waals surface area contributed by atoms with Gasteiger partial charge in [0.15, 0.2) is 0 Å². The summed E-state index contributed by atoms with van der Waals surface area (Å²) in [5.74, 6) is 0.213. The van der Waals surface area contributed by atoms with E-state index in [4.69, 9.17) is 14.8 Å². The lowest BCUT2D eigenvalue weighted by Gasteiger charge is -2.23. The first-order chi connectivity index (χ1) is 13.1.